The van der Waals surface area contributed by atoms with Crippen LogP contribution in [0, 0.1) is 5.82 Å². The van der Waals surface area contributed by atoms with Crippen molar-refractivity contribution in [3.63, 3.8) is 0 Å². The molecule has 0 aliphatic carbocycles. The van der Waals surface area contributed by atoms with Crippen LogP contribution in [0.1, 0.15) is 30.1 Å². The molecule has 1 saturated heterocycles. The summed E-state index contributed by atoms with van der Waals surface area (Å²) in [4.78, 5) is 7.28. The maximum atomic E-state index is 13.5. The van der Waals surface area contributed by atoms with E-state index < -0.39 is 17.6 Å². The number of halogens is 4. The normalized spacial score (nSPS) is 16.9. The van der Waals surface area contributed by atoms with Crippen molar-refractivity contribution in [3.8, 4) is 11.3 Å². The van der Waals surface area contributed by atoms with Crippen molar-refractivity contribution in [2.45, 2.75) is 24.9 Å². The minimum Gasteiger partial charge on any atom is -0.342 e. The molecule has 3 rings (SSSR count). The minimum atomic E-state index is -4.57. The summed E-state index contributed by atoms with van der Waals surface area (Å²) in [5.74, 6) is 0.0859. The van der Waals surface area contributed by atoms with Gasteiger partial charge in [0.05, 0.1) is 17.5 Å². The Bertz CT molecular complexity index is 657. The molecule has 118 valence electrons. The summed E-state index contributed by atoms with van der Waals surface area (Å²) in [5, 5.41) is 3.24. The zero-order valence-corrected chi connectivity index (χ0v) is 11.7. The Morgan fingerprint density at radius 3 is 2.50 bits per heavy atom. The van der Waals surface area contributed by atoms with Crippen molar-refractivity contribution in [1.29, 1.82) is 0 Å². The lowest BCUT2D eigenvalue weighted by molar-refractivity contribution is -0.137. The van der Waals surface area contributed by atoms with Crippen LogP contribution in [0.25, 0.3) is 11.3 Å². The highest BCUT2D eigenvalue weighted by Crippen LogP contribution is 2.33. The van der Waals surface area contributed by atoms with E-state index in [-0.39, 0.29) is 11.5 Å². The number of hydrogen-bond donors (Lipinski definition) is 2. The van der Waals surface area contributed by atoms with Crippen LogP contribution in [-0.4, -0.2) is 23.1 Å². The summed E-state index contributed by atoms with van der Waals surface area (Å²) in [6.07, 6.45) is -1.27. The maximum Gasteiger partial charge on any atom is 0.416 e. The van der Waals surface area contributed by atoms with Gasteiger partial charge < -0.3 is 10.3 Å². The van der Waals surface area contributed by atoms with Gasteiger partial charge in [-0.15, -0.1) is 0 Å². The minimum absolute atomic E-state index is 0.153. The molecule has 1 fully saturated rings. The van der Waals surface area contributed by atoms with E-state index in [0.29, 0.717) is 11.8 Å². The number of alkyl halides is 3. The summed E-state index contributed by atoms with van der Waals surface area (Å²) in [7, 11) is 0. The lowest BCUT2D eigenvalue weighted by atomic mass is 9.98. The summed E-state index contributed by atoms with van der Waals surface area (Å²) in [6.45, 7) is 1.78. The average Bonchev–Trinajstić information content (AvgIpc) is 2.96. The second-order valence-corrected chi connectivity index (χ2v) is 5.43. The van der Waals surface area contributed by atoms with Crippen molar-refractivity contribution >= 4 is 0 Å². The topological polar surface area (TPSA) is 40.7 Å². The monoisotopic (exact) mass is 313 g/mol. The third-order valence-corrected chi connectivity index (χ3v) is 3.86. The molecule has 1 aliphatic heterocycles. The molecule has 1 aromatic heterocycles. The van der Waals surface area contributed by atoms with Crippen molar-refractivity contribution in [2.75, 3.05) is 13.1 Å². The summed E-state index contributed by atoms with van der Waals surface area (Å²) in [5.41, 5.74) is -0.445. The molecule has 0 atom stereocenters. The molecule has 3 nitrogen and oxygen atoms in total. The van der Waals surface area contributed by atoms with E-state index in [1.807, 2.05) is 0 Å². The first kappa shape index (κ1) is 15.0. The van der Waals surface area contributed by atoms with Crippen LogP contribution in [0.3, 0.4) is 0 Å². The summed E-state index contributed by atoms with van der Waals surface area (Å²) >= 11 is 0. The Kier molecular flexibility index (Phi) is 3.90. The van der Waals surface area contributed by atoms with Gasteiger partial charge in [0, 0.05) is 11.5 Å². The molecule has 0 saturated carbocycles. The van der Waals surface area contributed by atoms with Gasteiger partial charge in [0.2, 0.25) is 0 Å². The number of benzene rings is 1. The fourth-order valence-electron chi connectivity index (χ4n) is 2.69. The predicted octanol–water partition coefficient (Wildman–Crippen LogP) is 3.70. The molecule has 0 amide bonds. The molecule has 0 unspecified atom stereocenters. The first-order chi connectivity index (χ1) is 10.4. The molecule has 7 heteroatoms. The highest BCUT2D eigenvalue weighted by Gasteiger charge is 2.31. The first-order valence-electron chi connectivity index (χ1n) is 7.07. The fraction of sp³-hybridized carbons (Fsp3) is 0.400. The van der Waals surface area contributed by atoms with Crippen molar-refractivity contribution in [2.24, 2.45) is 0 Å². The van der Waals surface area contributed by atoms with E-state index in [0.717, 1.165) is 43.9 Å². The van der Waals surface area contributed by atoms with Crippen molar-refractivity contribution < 1.29 is 17.6 Å². The van der Waals surface area contributed by atoms with Gasteiger partial charge in [-0.3, -0.25) is 0 Å². The van der Waals surface area contributed by atoms with Crippen LogP contribution < -0.4 is 5.32 Å². The van der Waals surface area contributed by atoms with Crippen molar-refractivity contribution in [3.05, 3.63) is 41.6 Å². The molecule has 2 heterocycles. The highest BCUT2D eigenvalue weighted by atomic mass is 19.4. The second kappa shape index (κ2) is 5.72. The quantitative estimate of drug-likeness (QED) is 0.830. The van der Waals surface area contributed by atoms with Crippen LogP contribution >= 0.6 is 0 Å². The highest BCUT2D eigenvalue weighted by molar-refractivity contribution is 5.60. The fourth-order valence-corrected chi connectivity index (χ4v) is 2.69. The van der Waals surface area contributed by atoms with Gasteiger partial charge in [0.25, 0.3) is 0 Å². The number of rotatable bonds is 2. The first-order valence-corrected chi connectivity index (χ1v) is 7.07. The third-order valence-electron chi connectivity index (χ3n) is 3.86. The van der Waals surface area contributed by atoms with Crippen LogP contribution in [-0.2, 0) is 6.18 Å². The lowest BCUT2D eigenvalue weighted by Crippen LogP contribution is -2.27. The van der Waals surface area contributed by atoms with E-state index in [1.165, 1.54) is 6.20 Å². The van der Waals surface area contributed by atoms with Gasteiger partial charge in [0.1, 0.15) is 11.6 Å². The Hall–Kier alpha value is -1.89. The van der Waals surface area contributed by atoms with E-state index in [4.69, 9.17) is 0 Å². The number of aromatic amines is 1. The molecule has 0 radical (unpaired) electrons. The number of aromatic nitrogens is 2. The van der Waals surface area contributed by atoms with Gasteiger partial charge in [-0.05, 0) is 44.1 Å². The molecular formula is C15H15F4N3. The van der Waals surface area contributed by atoms with Gasteiger partial charge in [-0.25, -0.2) is 9.37 Å². The smallest absolute Gasteiger partial charge is 0.342 e. The molecule has 1 aromatic carbocycles. The third kappa shape index (κ3) is 3.14. The number of nitrogens with zero attached hydrogens (tertiary/aromatic N) is 1. The van der Waals surface area contributed by atoms with Crippen LogP contribution in [0.5, 0.6) is 0 Å². The zero-order valence-electron chi connectivity index (χ0n) is 11.7. The van der Waals surface area contributed by atoms with Gasteiger partial charge in [0.15, 0.2) is 0 Å². The zero-order chi connectivity index (χ0) is 15.7. The Morgan fingerprint density at radius 2 is 1.82 bits per heavy atom. The molecule has 1 aliphatic rings. The van der Waals surface area contributed by atoms with E-state index >= 15 is 0 Å². The standard InChI is InChI=1S/C15H15F4N3/c16-12-6-10(5-11(7-12)15(17,18)19)13-8-21-14(22-13)9-1-3-20-4-2-9/h5-9,20H,1-4H2,(H,21,22). The average molecular weight is 313 g/mol. The van der Waals surface area contributed by atoms with Crippen molar-refractivity contribution in [1.82, 2.24) is 15.3 Å². The lowest BCUT2D eigenvalue weighted by Gasteiger charge is -2.20. The molecule has 0 bridgehead atoms. The van der Waals surface area contributed by atoms with Crippen LogP contribution in [0.4, 0.5) is 17.6 Å². The van der Waals surface area contributed by atoms with Gasteiger partial charge >= 0.3 is 6.18 Å². The maximum absolute atomic E-state index is 13.5. The molecule has 2 N–H and O–H groups in total. The Labute approximate surface area is 124 Å². The summed E-state index contributed by atoms with van der Waals surface area (Å²) < 4.78 is 51.7. The predicted molar refractivity (Wildman–Crippen MR) is 73.8 cm³/mol. The number of nitrogens with one attached hydrogen (secondary N) is 2. The second-order valence-electron chi connectivity index (χ2n) is 5.43. The van der Waals surface area contributed by atoms with Gasteiger partial charge in [-0.2, -0.15) is 13.2 Å². The molecule has 22 heavy (non-hydrogen) atoms. The Morgan fingerprint density at radius 1 is 1.09 bits per heavy atom. The van der Waals surface area contributed by atoms with Gasteiger partial charge in [-0.1, -0.05) is 0 Å². The largest absolute Gasteiger partial charge is 0.416 e. The number of hydrogen-bond acceptors (Lipinski definition) is 2. The number of piperidine rings is 1. The SMILES string of the molecule is Fc1cc(-c2cnc(C3CCNCC3)[nH]2)cc(C(F)(F)F)c1. The van der Waals surface area contributed by atoms with E-state index in [2.05, 4.69) is 15.3 Å². The molecule has 0 spiro atoms. The summed E-state index contributed by atoms with van der Waals surface area (Å²) in [6, 6.07) is 2.51. The van der Waals surface area contributed by atoms with E-state index in [1.54, 1.807) is 0 Å². The number of imidazole rings is 1. The number of H-pyrrole nitrogens is 1. The van der Waals surface area contributed by atoms with Crippen LogP contribution in [0.2, 0.25) is 0 Å². The molecular weight excluding hydrogens is 298 g/mol. The van der Waals surface area contributed by atoms with Crippen LogP contribution in [0.15, 0.2) is 24.4 Å². The van der Waals surface area contributed by atoms with E-state index in [9.17, 15) is 17.6 Å². The molecule has 2 aromatic rings. The Balaban J connectivity index is 1.91.